The lowest BCUT2D eigenvalue weighted by Crippen LogP contribution is -2.19. The molecule has 0 bridgehead atoms. The zero-order valence-corrected chi connectivity index (χ0v) is 18.5. The van der Waals surface area contributed by atoms with E-state index in [9.17, 15) is 9.59 Å². The Morgan fingerprint density at radius 2 is 1.87 bits per heavy atom. The molecular formula is C24H23ClN2O2S. The van der Waals surface area contributed by atoms with E-state index < -0.39 is 0 Å². The fourth-order valence-corrected chi connectivity index (χ4v) is 5.37. The Kier molecular flexibility index (Phi) is 5.93. The fourth-order valence-electron chi connectivity index (χ4n) is 3.79. The van der Waals surface area contributed by atoms with Crippen LogP contribution in [0, 0.1) is 12.8 Å². The average Bonchev–Trinajstić information content (AvgIpc) is 3.06. The van der Waals surface area contributed by atoms with Crippen molar-refractivity contribution in [2.75, 3.05) is 10.6 Å². The molecule has 4 rings (SSSR count). The maximum atomic E-state index is 13.3. The van der Waals surface area contributed by atoms with Crippen LogP contribution in [0.3, 0.4) is 0 Å². The molecule has 1 aliphatic rings. The lowest BCUT2D eigenvalue weighted by Gasteiger charge is -2.18. The molecule has 0 spiro atoms. The Balaban J connectivity index is 1.68. The first kappa shape index (κ1) is 20.6. The lowest BCUT2D eigenvalue weighted by atomic mass is 9.88. The van der Waals surface area contributed by atoms with Crippen LogP contribution in [0.1, 0.15) is 50.1 Å². The van der Waals surface area contributed by atoms with Crippen LogP contribution in [-0.2, 0) is 12.8 Å². The van der Waals surface area contributed by atoms with Crippen molar-refractivity contribution in [2.45, 2.75) is 33.1 Å². The van der Waals surface area contributed by atoms with Gasteiger partial charge in [0.2, 0.25) is 0 Å². The highest BCUT2D eigenvalue weighted by Gasteiger charge is 2.28. The first-order valence-corrected chi connectivity index (χ1v) is 11.2. The van der Waals surface area contributed by atoms with Gasteiger partial charge in [0.15, 0.2) is 0 Å². The molecule has 0 radical (unpaired) electrons. The summed E-state index contributed by atoms with van der Waals surface area (Å²) in [6.07, 6.45) is 2.78. The van der Waals surface area contributed by atoms with Crippen LogP contribution in [0.15, 0.2) is 48.5 Å². The van der Waals surface area contributed by atoms with E-state index in [4.69, 9.17) is 11.6 Å². The molecule has 154 valence electrons. The van der Waals surface area contributed by atoms with E-state index in [1.165, 1.54) is 16.2 Å². The monoisotopic (exact) mass is 438 g/mol. The van der Waals surface area contributed by atoms with E-state index in [0.717, 1.165) is 30.4 Å². The van der Waals surface area contributed by atoms with Gasteiger partial charge in [0.1, 0.15) is 5.00 Å². The van der Waals surface area contributed by atoms with Gasteiger partial charge in [0.05, 0.1) is 16.3 Å². The Bertz CT molecular complexity index is 1120. The SMILES string of the molecule is Cc1cccc(C(=O)Nc2sc3c(c2C(=O)Nc2ccccc2Cl)CC[C@@H](C)C3)c1. The zero-order chi connectivity index (χ0) is 21.3. The summed E-state index contributed by atoms with van der Waals surface area (Å²) in [7, 11) is 0. The predicted molar refractivity (Wildman–Crippen MR) is 124 cm³/mol. The highest BCUT2D eigenvalue weighted by Crippen LogP contribution is 2.40. The Morgan fingerprint density at radius 1 is 1.07 bits per heavy atom. The van der Waals surface area contributed by atoms with E-state index in [1.807, 2.05) is 37.3 Å². The number of para-hydroxylation sites is 1. The summed E-state index contributed by atoms with van der Waals surface area (Å²) in [4.78, 5) is 27.3. The van der Waals surface area contributed by atoms with Gasteiger partial charge in [-0.05, 0) is 61.9 Å². The minimum Gasteiger partial charge on any atom is -0.321 e. The standard InChI is InChI=1S/C24H23ClN2O2S/c1-14-6-5-7-16(12-14)22(28)27-24-21(17-11-10-15(2)13-20(17)30-24)23(29)26-19-9-4-3-8-18(19)25/h3-9,12,15H,10-11,13H2,1-2H3,(H,26,29)(H,27,28)/t15-/m1/s1. The number of halogens is 1. The number of amides is 2. The molecule has 3 aromatic rings. The van der Waals surface area contributed by atoms with Gasteiger partial charge in [-0.25, -0.2) is 0 Å². The number of benzene rings is 2. The van der Waals surface area contributed by atoms with Gasteiger partial charge in [0.25, 0.3) is 11.8 Å². The largest absolute Gasteiger partial charge is 0.321 e. The van der Waals surface area contributed by atoms with Crippen LogP contribution in [0.2, 0.25) is 5.02 Å². The summed E-state index contributed by atoms with van der Waals surface area (Å²) in [6.45, 7) is 4.17. The van der Waals surface area contributed by atoms with Crippen molar-refractivity contribution < 1.29 is 9.59 Å². The van der Waals surface area contributed by atoms with Gasteiger partial charge in [-0.3, -0.25) is 9.59 Å². The number of carbonyl (C=O) groups excluding carboxylic acids is 2. The van der Waals surface area contributed by atoms with Crippen molar-refractivity contribution in [3.8, 4) is 0 Å². The zero-order valence-electron chi connectivity index (χ0n) is 16.9. The van der Waals surface area contributed by atoms with E-state index in [1.54, 1.807) is 18.2 Å². The smallest absolute Gasteiger partial charge is 0.258 e. The topological polar surface area (TPSA) is 58.2 Å². The normalized spacial score (nSPS) is 15.4. The molecule has 0 aliphatic heterocycles. The van der Waals surface area contributed by atoms with Crippen molar-refractivity contribution in [2.24, 2.45) is 5.92 Å². The van der Waals surface area contributed by atoms with Crippen LogP contribution in [0.4, 0.5) is 10.7 Å². The van der Waals surface area contributed by atoms with Crippen molar-refractivity contribution in [3.63, 3.8) is 0 Å². The molecule has 1 aromatic heterocycles. The number of anilines is 2. The second kappa shape index (κ2) is 8.62. The maximum Gasteiger partial charge on any atom is 0.258 e. The van der Waals surface area contributed by atoms with Crippen molar-refractivity contribution >= 4 is 45.4 Å². The van der Waals surface area contributed by atoms with Crippen molar-refractivity contribution in [1.82, 2.24) is 0 Å². The molecule has 2 N–H and O–H groups in total. The number of rotatable bonds is 4. The number of fused-ring (bicyclic) bond motifs is 1. The summed E-state index contributed by atoms with van der Waals surface area (Å²) in [6, 6.07) is 14.6. The van der Waals surface area contributed by atoms with Crippen LogP contribution >= 0.6 is 22.9 Å². The molecule has 2 amide bonds. The number of hydrogen-bond acceptors (Lipinski definition) is 3. The molecule has 0 unspecified atom stereocenters. The highest BCUT2D eigenvalue weighted by molar-refractivity contribution is 7.17. The number of nitrogens with one attached hydrogen (secondary N) is 2. The maximum absolute atomic E-state index is 13.3. The average molecular weight is 439 g/mol. The van der Waals surface area contributed by atoms with Gasteiger partial charge in [-0.15, -0.1) is 11.3 Å². The van der Waals surface area contributed by atoms with Crippen LogP contribution in [0.5, 0.6) is 0 Å². The molecule has 30 heavy (non-hydrogen) atoms. The van der Waals surface area contributed by atoms with E-state index in [0.29, 0.717) is 32.8 Å². The number of hydrogen-bond donors (Lipinski definition) is 2. The lowest BCUT2D eigenvalue weighted by molar-refractivity contribution is 0.102. The van der Waals surface area contributed by atoms with Crippen LogP contribution < -0.4 is 10.6 Å². The Labute approximate surface area is 185 Å². The molecule has 1 atom stereocenters. The first-order chi connectivity index (χ1) is 14.4. The summed E-state index contributed by atoms with van der Waals surface area (Å²) in [5.74, 6) is 0.114. The summed E-state index contributed by atoms with van der Waals surface area (Å²) >= 11 is 7.74. The molecule has 0 fully saturated rings. The van der Waals surface area contributed by atoms with Gasteiger partial charge in [0, 0.05) is 10.4 Å². The number of aryl methyl sites for hydroxylation is 1. The van der Waals surface area contributed by atoms with Gasteiger partial charge in [-0.2, -0.15) is 0 Å². The second-order valence-electron chi connectivity index (χ2n) is 7.81. The number of carbonyl (C=O) groups is 2. The summed E-state index contributed by atoms with van der Waals surface area (Å²) in [5.41, 5.74) is 3.75. The van der Waals surface area contributed by atoms with E-state index in [2.05, 4.69) is 17.6 Å². The molecule has 0 saturated heterocycles. The minimum absolute atomic E-state index is 0.211. The van der Waals surface area contributed by atoms with Crippen molar-refractivity contribution in [3.05, 3.63) is 80.7 Å². The molecular weight excluding hydrogens is 416 g/mol. The minimum atomic E-state index is -0.241. The van der Waals surface area contributed by atoms with E-state index in [-0.39, 0.29) is 11.8 Å². The molecule has 6 heteroatoms. The summed E-state index contributed by atoms with van der Waals surface area (Å²) < 4.78 is 0. The van der Waals surface area contributed by atoms with Gasteiger partial charge < -0.3 is 10.6 Å². The molecule has 1 heterocycles. The Hall–Kier alpha value is -2.63. The third-order valence-corrected chi connectivity index (χ3v) is 6.87. The van der Waals surface area contributed by atoms with Crippen LogP contribution in [0.25, 0.3) is 0 Å². The predicted octanol–water partition coefficient (Wildman–Crippen LogP) is 6.34. The van der Waals surface area contributed by atoms with Crippen molar-refractivity contribution in [1.29, 1.82) is 0 Å². The van der Waals surface area contributed by atoms with E-state index >= 15 is 0 Å². The van der Waals surface area contributed by atoms with Gasteiger partial charge >= 0.3 is 0 Å². The fraction of sp³-hybridized carbons (Fsp3) is 0.250. The quantitative estimate of drug-likeness (QED) is 0.499. The molecule has 4 nitrogen and oxygen atoms in total. The molecule has 2 aromatic carbocycles. The van der Waals surface area contributed by atoms with Crippen LogP contribution in [-0.4, -0.2) is 11.8 Å². The highest BCUT2D eigenvalue weighted by atomic mass is 35.5. The second-order valence-corrected chi connectivity index (χ2v) is 9.33. The van der Waals surface area contributed by atoms with Gasteiger partial charge in [-0.1, -0.05) is 48.4 Å². The molecule has 1 aliphatic carbocycles. The summed E-state index contributed by atoms with van der Waals surface area (Å²) in [5, 5.41) is 7.00. The first-order valence-electron chi connectivity index (χ1n) is 10.0. The third-order valence-electron chi connectivity index (χ3n) is 5.37. The number of thiophene rings is 1. The third kappa shape index (κ3) is 4.27. The Morgan fingerprint density at radius 3 is 2.63 bits per heavy atom. The molecule has 0 saturated carbocycles.